The van der Waals surface area contributed by atoms with E-state index in [0.29, 0.717) is 5.56 Å². The molecule has 0 spiro atoms. The molecule has 0 fully saturated rings. The van der Waals surface area contributed by atoms with E-state index < -0.39 is 21.8 Å². The van der Waals surface area contributed by atoms with Gasteiger partial charge in [-0.15, -0.1) is 0 Å². The maximum absolute atomic E-state index is 13.4. The molecule has 0 aliphatic carbocycles. The van der Waals surface area contributed by atoms with Gasteiger partial charge in [0.1, 0.15) is 0 Å². The van der Waals surface area contributed by atoms with E-state index in [1.54, 1.807) is 0 Å². The Morgan fingerprint density at radius 3 is 2.30 bits per heavy atom. The second-order valence-corrected chi connectivity index (χ2v) is 6.15. The van der Waals surface area contributed by atoms with Crippen molar-refractivity contribution in [3.05, 3.63) is 53.8 Å². The molecule has 0 radical (unpaired) electrons. The zero-order valence-electron chi connectivity index (χ0n) is 12.4. The molecule has 6 nitrogen and oxygen atoms in total. The van der Waals surface area contributed by atoms with Crippen LogP contribution in [0.1, 0.15) is 10.4 Å². The van der Waals surface area contributed by atoms with Crippen LogP contribution in [0, 0.1) is 5.82 Å². The first-order valence-electron chi connectivity index (χ1n) is 6.42. The fraction of sp³-hybridized carbons (Fsp3) is 0.133. The van der Waals surface area contributed by atoms with Gasteiger partial charge in [0.15, 0.2) is 11.6 Å². The van der Waals surface area contributed by atoms with Crippen molar-refractivity contribution in [1.29, 1.82) is 0 Å². The van der Waals surface area contributed by atoms with Crippen LogP contribution in [-0.2, 0) is 14.8 Å². The van der Waals surface area contributed by atoms with Crippen LogP contribution in [0.3, 0.4) is 0 Å². The summed E-state index contributed by atoms with van der Waals surface area (Å²) in [6.07, 6.45) is 0. The molecule has 23 heavy (non-hydrogen) atoms. The van der Waals surface area contributed by atoms with E-state index in [0.717, 1.165) is 18.2 Å². The number of carbonyl (C=O) groups is 1. The van der Waals surface area contributed by atoms with Crippen LogP contribution >= 0.6 is 0 Å². The lowest BCUT2D eigenvalue weighted by Gasteiger charge is -2.10. The molecule has 0 aliphatic rings. The molecule has 0 atom stereocenters. The smallest absolute Gasteiger partial charge is 0.337 e. The highest BCUT2D eigenvalue weighted by Gasteiger charge is 2.17. The summed E-state index contributed by atoms with van der Waals surface area (Å²) in [6.45, 7) is 0. The molecule has 2 aromatic carbocycles. The Morgan fingerprint density at radius 1 is 1.09 bits per heavy atom. The molecule has 0 saturated heterocycles. The molecule has 0 amide bonds. The van der Waals surface area contributed by atoms with E-state index in [-0.39, 0.29) is 16.3 Å². The quantitative estimate of drug-likeness (QED) is 0.846. The largest absolute Gasteiger partial charge is 0.494 e. The highest BCUT2D eigenvalue weighted by atomic mass is 32.2. The number of hydrogen-bond donors (Lipinski definition) is 1. The SMILES string of the molecule is COC(=O)c1ccc(NS(=O)(=O)c2ccc(F)c(OC)c2)cc1. The van der Waals surface area contributed by atoms with Crippen LogP contribution in [0.5, 0.6) is 5.75 Å². The Labute approximate surface area is 132 Å². The Kier molecular flexibility index (Phi) is 4.85. The molecule has 2 rings (SSSR count). The van der Waals surface area contributed by atoms with Crippen LogP contribution in [0.15, 0.2) is 47.4 Å². The first-order valence-corrected chi connectivity index (χ1v) is 7.90. The number of benzene rings is 2. The molecular formula is C15H14FNO5S. The summed E-state index contributed by atoms with van der Waals surface area (Å²) in [5, 5.41) is 0. The van der Waals surface area contributed by atoms with Crippen molar-refractivity contribution < 1.29 is 27.1 Å². The van der Waals surface area contributed by atoms with Gasteiger partial charge in [-0.2, -0.15) is 0 Å². The van der Waals surface area contributed by atoms with Gasteiger partial charge in [-0.05, 0) is 36.4 Å². The monoisotopic (exact) mass is 339 g/mol. The number of nitrogens with one attached hydrogen (secondary N) is 1. The number of hydrogen-bond acceptors (Lipinski definition) is 5. The number of halogens is 1. The average molecular weight is 339 g/mol. The minimum atomic E-state index is -3.91. The molecule has 0 unspecified atom stereocenters. The van der Waals surface area contributed by atoms with E-state index in [4.69, 9.17) is 4.74 Å². The van der Waals surface area contributed by atoms with Gasteiger partial charge in [-0.3, -0.25) is 4.72 Å². The zero-order chi connectivity index (χ0) is 17.0. The second-order valence-electron chi connectivity index (χ2n) is 4.47. The van der Waals surface area contributed by atoms with Crippen molar-refractivity contribution in [2.75, 3.05) is 18.9 Å². The third-order valence-corrected chi connectivity index (χ3v) is 4.37. The molecule has 0 bridgehead atoms. The van der Waals surface area contributed by atoms with Gasteiger partial charge in [0.2, 0.25) is 0 Å². The maximum Gasteiger partial charge on any atom is 0.337 e. The summed E-state index contributed by atoms with van der Waals surface area (Å²) in [5.74, 6) is -1.36. The van der Waals surface area contributed by atoms with Crippen LogP contribution in [0.4, 0.5) is 10.1 Å². The molecule has 122 valence electrons. The lowest BCUT2D eigenvalue weighted by atomic mass is 10.2. The summed E-state index contributed by atoms with van der Waals surface area (Å²) in [4.78, 5) is 11.2. The highest BCUT2D eigenvalue weighted by Crippen LogP contribution is 2.23. The fourth-order valence-electron chi connectivity index (χ4n) is 1.81. The van der Waals surface area contributed by atoms with E-state index in [1.807, 2.05) is 0 Å². The van der Waals surface area contributed by atoms with E-state index in [1.165, 1.54) is 38.5 Å². The van der Waals surface area contributed by atoms with Gasteiger partial charge in [-0.25, -0.2) is 17.6 Å². The van der Waals surface area contributed by atoms with Crippen molar-refractivity contribution in [2.45, 2.75) is 4.90 Å². The first kappa shape index (κ1) is 16.8. The predicted molar refractivity (Wildman–Crippen MR) is 81.5 cm³/mol. The molecule has 0 heterocycles. The second kappa shape index (κ2) is 6.66. The summed E-state index contributed by atoms with van der Waals surface area (Å²) < 4.78 is 49.6. The predicted octanol–water partition coefficient (Wildman–Crippen LogP) is 2.42. The number of esters is 1. The summed E-state index contributed by atoms with van der Waals surface area (Å²) >= 11 is 0. The minimum Gasteiger partial charge on any atom is -0.494 e. The molecule has 1 N–H and O–H groups in total. The van der Waals surface area contributed by atoms with Crippen molar-refractivity contribution in [3.63, 3.8) is 0 Å². The van der Waals surface area contributed by atoms with Crippen molar-refractivity contribution >= 4 is 21.7 Å². The standard InChI is InChI=1S/C15H14FNO5S/c1-21-14-9-12(7-8-13(14)16)23(19,20)17-11-5-3-10(4-6-11)15(18)22-2/h3-9,17H,1-2H3. The van der Waals surface area contributed by atoms with E-state index >= 15 is 0 Å². The molecule has 0 saturated carbocycles. The van der Waals surface area contributed by atoms with Crippen molar-refractivity contribution in [1.82, 2.24) is 0 Å². The Balaban J connectivity index is 2.26. The fourth-order valence-corrected chi connectivity index (χ4v) is 2.89. The Hall–Kier alpha value is -2.61. The first-order chi connectivity index (χ1) is 10.9. The van der Waals surface area contributed by atoms with E-state index in [2.05, 4.69) is 9.46 Å². The Bertz CT molecular complexity index is 818. The van der Waals surface area contributed by atoms with Crippen molar-refractivity contribution in [3.8, 4) is 5.75 Å². The number of ether oxygens (including phenoxy) is 2. The van der Waals surface area contributed by atoms with Gasteiger partial charge >= 0.3 is 5.97 Å². The lowest BCUT2D eigenvalue weighted by molar-refractivity contribution is 0.0601. The Morgan fingerprint density at radius 2 is 1.74 bits per heavy atom. The molecule has 0 aromatic heterocycles. The lowest BCUT2D eigenvalue weighted by Crippen LogP contribution is -2.13. The number of rotatable bonds is 5. The van der Waals surface area contributed by atoms with Gasteiger partial charge in [0, 0.05) is 11.8 Å². The zero-order valence-corrected chi connectivity index (χ0v) is 13.2. The maximum atomic E-state index is 13.4. The molecule has 8 heteroatoms. The third-order valence-electron chi connectivity index (χ3n) is 2.99. The number of anilines is 1. The van der Waals surface area contributed by atoms with Crippen LogP contribution < -0.4 is 9.46 Å². The average Bonchev–Trinajstić information content (AvgIpc) is 2.54. The summed E-state index contributed by atoms with van der Waals surface area (Å²) in [7, 11) is -1.42. The minimum absolute atomic E-state index is 0.146. The number of sulfonamides is 1. The molecule has 2 aromatic rings. The number of methoxy groups -OCH3 is 2. The van der Waals surface area contributed by atoms with Crippen LogP contribution in [-0.4, -0.2) is 28.6 Å². The van der Waals surface area contributed by atoms with Gasteiger partial charge < -0.3 is 9.47 Å². The highest BCUT2D eigenvalue weighted by molar-refractivity contribution is 7.92. The summed E-state index contributed by atoms with van der Waals surface area (Å²) in [6, 6.07) is 8.91. The van der Waals surface area contributed by atoms with Gasteiger partial charge in [-0.1, -0.05) is 0 Å². The summed E-state index contributed by atoms with van der Waals surface area (Å²) in [5.41, 5.74) is 0.542. The molecular weight excluding hydrogens is 325 g/mol. The van der Waals surface area contributed by atoms with Crippen molar-refractivity contribution in [2.24, 2.45) is 0 Å². The third kappa shape index (κ3) is 3.78. The normalized spacial score (nSPS) is 10.9. The molecule has 0 aliphatic heterocycles. The topological polar surface area (TPSA) is 81.7 Å². The number of carbonyl (C=O) groups excluding carboxylic acids is 1. The van der Waals surface area contributed by atoms with Crippen LogP contribution in [0.25, 0.3) is 0 Å². The van der Waals surface area contributed by atoms with E-state index in [9.17, 15) is 17.6 Å². The van der Waals surface area contributed by atoms with Gasteiger partial charge in [0.05, 0.1) is 24.7 Å². The van der Waals surface area contributed by atoms with Crippen LogP contribution in [0.2, 0.25) is 0 Å². The van der Waals surface area contributed by atoms with Gasteiger partial charge in [0.25, 0.3) is 10.0 Å².